The summed E-state index contributed by atoms with van der Waals surface area (Å²) in [5.41, 5.74) is 2.64. The summed E-state index contributed by atoms with van der Waals surface area (Å²) in [6, 6.07) is 19.6. The van der Waals surface area contributed by atoms with Gasteiger partial charge in [0.25, 0.3) is 0 Å². The molecule has 3 rings (SSSR count). The molecular formula is C28H30NO3PS3. The number of rotatable bonds is 7. The number of thiocarbonyl (C=S) groups is 1. The number of amides is 1. The van der Waals surface area contributed by atoms with E-state index in [9.17, 15) is 14.2 Å². The van der Waals surface area contributed by atoms with E-state index in [4.69, 9.17) is 12.2 Å². The molecule has 0 radical (unpaired) electrons. The average molecular weight is 556 g/mol. The van der Waals surface area contributed by atoms with Crippen molar-refractivity contribution in [2.24, 2.45) is 0 Å². The average Bonchev–Trinajstić information content (AvgIpc) is 2.86. The van der Waals surface area contributed by atoms with Crippen molar-refractivity contribution in [3.8, 4) is 0 Å². The molecule has 0 aliphatic rings. The van der Waals surface area contributed by atoms with Crippen LogP contribution >= 0.6 is 42.9 Å². The molecule has 1 amide bonds. The van der Waals surface area contributed by atoms with Gasteiger partial charge in [0.1, 0.15) is 3.53 Å². The summed E-state index contributed by atoms with van der Waals surface area (Å²) < 4.78 is 14.6. The van der Waals surface area contributed by atoms with Crippen LogP contribution in [0.25, 0.3) is 0 Å². The van der Waals surface area contributed by atoms with E-state index in [0.717, 1.165) is 11.1 Å². The van der Waals surface area contributed by atoms with Crippen LogP contribution in [0.15, 0.2) is 66.7 Å². The van der Waals surface area contributed by atoms with Crippen LogP contribution in [0.1, 0.15) is 40.9 Å². The van der Waals surface area contributed by atoms with Crippen LogP contribution in [0.4, 0.5) is 5.69 Å². The summed E-state index contributed by atoms with van der Waals surface area (Å²) >= 11 is 8.07. The number of carbonyl (C=O) groups is 2. The largest absolute Gasteiger partial charge is 0.324 e. The number of anilines is 1. The van der Waals surface area contributed by atoms with Gasteiger partial charge >= 0.3 is 0 Å². The maximum absolute atomic E-state index is 14.7. The monoisotopic (exact) mass is 555 g/mol. The molecule has 0 saturated carbocycles. The van der Waals surface area contributed by atoms with Gasteiger partial charge in [-0.2, -0.15) is 0 Å². The van der Waals surface area contributed by atoms with E-state index in [1.54, 1.807) is 55.5 Å². The van der Waals surface area contributed by atoms with Gasteiger partial charge in [0.2, 0.25) is 18.6 Å². The smallest absolute Gasteiger partial charge is 0.240 e. The summed E-state index contributed by atoms with van der Waals surface area (Å²) in [7, 11) is -3.69. The van der Waals surface area contributed by atoms with Crippen molar-refractivity contribution in [2.45, 2.75) is 39.4 Å². The summed E-state index contributed by atoms with van der Waals surface area (Å²) in [5, 5.41) is 3.99. The standard InChI is InChI=1S/C28H30NO3PS3/c1-18-17-19(2)24(29-26(31)28(4,5)36-27(34)35-6)20(3)23(18)25(30)33(32,21-13-9-7-10-14-21)22-15-11-8-12-16-22/h7-17H,1-6H3,(H,29,31). The van der Waals surface area contributed by atoms with Crippen molar-refractivity contribution < 1.29 is 14.2 Å². The lowest BCUT2D eigenvalue weighted by Gasteiger charge is -2.26. The third-order valence-corrected chi connectivity index (χ3v) is 11.5. The predicted octanol–water partition coefficient (Wildman–Crippen LogP) is 6.86. The summed E-state index contributed by atoms with van der Waals surface area (Å²) in [5.74, 6) is -0.216. The molecule has 0 aliphatic carbocycles. The van der Waals surface area contributed by atoms with E-state index < -0.39 is 17.4 Å². The van der Waals surface area contributed by atoms with Crippen molar-refractivity contribution in [1.29, 1.82) is 0 Å². The molecule has 36 heavy (non-hydrogen) atoms. The fourth-order valence-corrected chi connectivity index (χ4v) is 8.84. The first-order chi connectivity index (χ1) is 16.9. The third-order valence-electron chi connectivity index (χ3n) is 6.00. The Bertz CT molecular complexity index is 1310. The van der Waals surface area contributed by atoms with E-state index in [1.807, 2.05) is 52.1 Å². The Kier molecular flexibility index (Phi) is 9.05. The predicted molar refractivity (Wildman–Crippen MR) is 161 cm³/mol. The van der Waals surface area contributed by atoms with Gasteiger partial charge in [-0.1, -0.05) is 90.7 Å². The van der Waals surface area contributed by atoms with Gasteiger partial charge in [-0.05, 0) is 57.6 Å². The molecule has 0 bridgehead atoms. The van der Waals surface area contributed by atoms with Gasteiger partial charge in [0.15, 0.2) is 0 Å². The molecule has 0 spiro atoms. The number of carbonyl (C=O) groups excluding carboxylic acids is 2. The number of benzene rings is 3. The molecule has 0 fully saturated rings. The minimum Gasteiger partial charge on any atom is -0.324 e. The summed E-state index contributed by atoms with van der Waals surface area (Å²) in [6.45, 7) is 9.18. The zero-order valence-corrected chi connectivity index (χ0v) is 24.6. The van der Waals surface area contributed by atoms with Crippen LogP contribution in [0.5, 0.6) is 0 Å². The van der Waals surface area contributed by atoms with Gasteiger partial charge in [-0.25, -0.2) is 0 Å². The first-order valence-electron chi connectivity index (χ1n) is 11.4. The maximum Gasteiger partial charge on any atom is 0.240 e. The van der Waals surface area contributed by atoms with Crippen molar-refractivity contribution in [3.63, 3.8) is 0 Å². The van der Waals surface area contributed by atoms with Gasteiger partial charge in [0, 0.05) is 21.9 Å². The van der Waals surface area contributed by atoms with Crippen LogP contribution in [0, 0.1) is 20.8 Å². The van der Waals surface area contributed by atoms with Crippen molar-refractivity contribution in [3.05, 3.63) is 89.0 Å². The molecule has 1 N–H and O–H groups in total. The third kappa shape index (κ3) is 5.70. The second-order valence-electron chi connectivity index (χ2n) is 8.99. The van der Waals surface area contributed by atoms with Gasteiger partial charge in [0.05, 0.1) is 4.75 Å². The Balaban J connectivity index is 2.14. The molecule has 8 heteroatoms. The molecule has 3 aromatic rings. The van der Waals surface area contributed by atoms with Gasteiger partial charge < -0.3 is 9.88 Å². The summed E-state index contributed by atoms with van der Waals surface area (Å²) in [6.07, 6.45) is 1.88. The fourth-order valence-electron chi connectivity index (χ4n) is 4.08. The van der Waals surface area contributed by atoms with Gasteiger partial charge in [-0.15, -0.1) is 11.8 Å². The zero-order chi connectivity index (χ0) is 26.7. The fraction of sp³-hybridized carbons (Fsp3) is 0.250. The highest BCUT2D eigenvalue weighted by atomic mass is 32.2. The zero-order valence-electron chi connectivity index (χ0n) is 21.2. The molecular weight excluding hydrogens is 525 g/mol. The van der Waals surface area contributed by atoms with Crippen molar-refractivity contribution >= 4 is 74.1 Å². The topological polar surface area (TPSA) is 63.2 Å². The first-order valence-corrected chi connectivity index (χ1v) is 15.5. The van der Waals surface area contributed by atoms with Crippen LogP contribution < -0.4 is 15.9 Å². The lowest BCUT2D eigenvalue weighted by Crippen LogP contribution is -2.35. The van der Waals surface area contributed by atoms with Gasteiger partial charge in [-0.3, -0.25) is 9.59 Å². The number of aryl methyl sites for hydroxylation is 2. The lowest BCUT2D eigenvalue weighted by atomic mass is 9.97. The Morgan fingerprint density at radius 3 is 1.86 bits per heavy atom. The Morgan fingerprint density at radius 1 is 0.889 bits per heavy atom. The van der Waals surface area contributed by atoms with Crippen LogP contribution in [0.3, 0.4) is 0 Å². The van der Waals surface area contributed by atoms with E-state index in [0.29, 0.717) is 31.0 Å². The first kappa shape index (κ1) is 28.4. The molecule has 0 unspecified atom stereocenters. The molecule has 0 heterocycles. The Morgan fingerprint density at radius 2 is 1.39 bits per heavy atom. The Labute approximate surface area is 227 Å². The second kappa shape index (κ2) is 11.5. The van der Waals surface area contributed by atoms with Crippen LogP contribution in [-0.4, -0.2) is 26.0 Å². The molecule has 0 atom stereocenters. The van der Waals surface area contributed by atoms with Crippen molar-refractivity contribution in [2.75, 3.05) is 11.6 Å². The van der Waals surface area contributed by atoms with E-state index in [1.165, 1.54) is 23.5 Å². The number of nitrogens with one attached hydrogen (secondary N) is 1. The molecule has 0 saturated heterocycles. The molecule has 4 nitrogen and oxygen atoms in total. The second-order valence-corrected chi connectivity index (χ2v) is 15.3. The highest BCUT2D eigenvalue weighted by Gasteiger charge is 2.39. The maximum atomic E-state index is 14.7. The Hall–Kier alpha value is -2.18. The van der Waals surface area contributed by atoms with Crippen LogP contribution in [0.2, 0.25) is 0 Å². The quantitative estimate of drug-likeness (QED) is 0.254. The highest BCUT2D eigenvalue weighted by Crippen LogP contribution is 2.48. The molecule has 0 aromatic heterocycles. The number of hydrogen-bond acceptors (Lipinski definition) is 6. The number of thioether (sulfide) groups is 2. The van der Waals surface area contributed by atoms with Crippen molar-refractivity contribution in [1.82, 2.24) is 0 Å². The minimum absolute atomic E-state index is 0.216. The SMILES string of the molecule is CSC(=S)SC(C)(C)C(=O)Nc1c(C)cc(C)c(C(=O)P(=O)(c2ccccc2)c2ccccc2)c1C. The minimum atomic E-state index is -3.69. The summed E-state index contributed by atoms with van der Waals surface area (Å²) in [4.78, 5) is 27.5. The number of hydrogen-bond donors (Lipinski definition) is 1. The van der Waals surface area contributed by atoms with Crippen LogP contribution in [-0.2, 0) is 9.36 Å². The van der Waals surface area contributed by atoms with E-state index in [-0.39, 0.29) is 5.91 Å². The van der Waals surface area contributed by atoms with E-state index in [2.05, 4.69) is 5.32 Å². The highest BCUT2D eigenvalue weighted by molar-refractivity contribution is 8.47. The van der Waals surface area contributed by atoms with E-state index >= 15 is 0 Å². The molecule has 188 valence electrons. The molecule has 3 aromatic carbocycles. The molecule has 0 aliphatic heterocycles. The lowest BCUT2D eigenvalue weighted by molar-refractivity contribution is -0.117. The normalized spacial score (nSPS) is 11.7.